The molecule has 1 N–H and O–H groups in total. The third kappa shape index (κ3) is 2.64. The summed E-state index contributed by atoms with van der Waals surface area (Å²) in [6.45, 7) is 0.890. The lowest BCUT2D eigenvalue weighted by Crippen LogP contribution is -2.23. The van der Waals surface area contributed by atoms with Crippen LogP contribution in [-0.4, -0.2) is 26.6 Å². The SMILES string of the molecule is COc1ccc(N2CCCC2=N)c(OC)c1.Cl. The molecule has 94 valence electrons. The zero-order valence-corrected chi connectivity index (χ0v) is 10.8. The van der Waals surface area contributed by atoms with Crippen LogP contribution in [0.4, 0.5) is 5.69 Å². The quantitative estimate of drug-likeness (QED) is 0.905. The van der Waals surface area contributed by atoms with Gasteiger partial charge in [-0.2, -0.15) is 0 Å². The van der Waals surface area contributed by atoms with Gasteiger partial charge in [0.1, 0.15) is 17.3 Å². The maximum Gasteiger partial charge on any atom is 0.146 e. The van der Waals surface area contributed by atoms with Crippen LogP contribution < -0.4 is 14.4 Å². The van der Waals surface area contributed by atoms with Crippen LogP contribution in [0.15, 0.2) is 18.2 Å². The fourth-order valence-electron chi connectivity index (χ4n) is 1.95. The summed E-state index contributed by atoms with van der Waals surface area (Å²) in [5.74, 6) is 2.18. The topological polar surface area (TPSA) is 45.5 Å². The van der Waals surface area contributed by atoms with Gasteiger partial charge >= 0.3 is 0 Å². The number of methoxy groups -OCH3 is 2. The van der Waals surface area contributed by atoms with Crippen molar-refractivity contribution in [1.29, 1.82) is 5.41 Å². The van der Waals surface area contributed by atoms with Crippen LogP contribution in [0.3, 0.4) is 0 Å². The molecule has 1 aliphatic rings. The molecule has 0 aliphatic carbocycles. The van der Waals surface area contributed by atoms with Gasteiger partial charge in [-0.25, -0.2) is 0 Å². The van der Waals surface area contributed by atoms with Crippen LogP contribution in [0.25, 0.3) is 0 Å². The number of anilines is 1. The monoisotopic (exact) mass is 256 g/mol. The highest BCUT2D eigenvalue weighted by atomic mass is 35.5. The van der Waals surface area contributed by atoms with Crippen molar-refractivity contribution < 1.29 is 9.47 Å². The van der Waals surface area contributed by atoms with Crippen LogP contribution in [0.1, 0.15) is 12.8 Å². The Morgan fingerprint density at radius 3 is 2.53 bits per heavy atom. The summed E-state index contributed by atoms with van der Waals surface area (Å²) >= 11 is 0. The van der Waals surface area contributed by atoms with E-state index in [0.717, 1.165) is 36.6 Å². The van der Waals surface area contributed by atoms with Gasteiger partial charge in [-0.05, 0) is 18.6 Å². The van der Waals surface area contributed by atoms with E-state index in [9.17, 15) is 0 Å². The average molecular weight is 257 g/mol. The predicted molar refractivity (Wildman–Crippen MR) is 71.1 cm³/mol. The van der Waals surface area contributed by atoms with Gasteiger partial charge in [0.05, 0.1) is 19.9 Å². The minimum Gasteiger partial charge on any atom is -0.497 e. The normalized spacial score (nSPS) is 14.5. The summed E-state index contributed by atoms with van der Waals surface area (Å²) < 4.78 is 10.5. The molecule has 1 fully saturated rings. The smallest absolute Gasteiger partial charge is 0.146 e. The number of hydrogen-bond acceptors (Lipinski definition) is 3. The number of nitrogens with one attached hydrogen (secondary N) is 1. The summed E-state index contributed by atoms with van der Waals surface area (Å²) in [5, 5.41) is 7.85. The van der Waals surface area contributed by atoms with E-state index in [1.54, 1.807) is 14.2 Å². The second-order valence-electron chi connectivity index (χ2n) is 3.74. The highest BCUT2D eigenvalue weighted by molar-refractivity contribution is 5.98. The van der Waals surface area contributed by atoms with Gasteiger partial charge in [0.2, 0.25) is 0 Å². The maximum atomic E-state index is 7.85. The molecule has 0 aromatic heterocycles. The first-order valence-electron chi connectivity index (χ1n) is 5.33. The van der Waals surface area contributed by atoms with Crippen molar-refractivity contribution >= 4 is 23.9 Å². The van der Waals surface area contributed by atoms with E-state index in [-0.39, 0.29) is 12.4 Å². The van der Waals surface area contributed by atoms with Crippen molar-refractivity contribution in [3.8, 4) is 11.5 Å². The summed E-state index contributed by atoms with van der Waals surface area (Å²) in [7, 11) is 3.27. The molecule has 0 amide bonds. The lowest BCUT2D eigenvalue weighted by Gasteiger charge is -2.21. The van der Waals surface area contributed by atoms with E-state index in [1.165, 1.54) is 0 Å². The Hall–Kier alpha value is -1.42. The average Bonchev–Trinajstić information content (AvgIpc) is 2.74. The van der Waals surface area contributed by atoms with E-state index in [1.807, 2.05) is 23.1 Å². The van der Waals surface area contributed by atoms with Gasteiger partial charge in [-0.3, -0.25) is 5.41 Å². The van der Waals surface area contributed by atoms with Gasteiger partial charge in [0.25, 0.3) is 0 Å². The minimum atomic E-state index is 0. The highest BCUT2D eigenvalue weighted by Crippen LogP contribution is 2.34. The zero-order valence-electron chi connectivity index (χ0n) is 10.0. The molecule has 0 unspecified atom stereocenters. The molecule has 1 saturated heterocycles. The molecule has 1 aromatic carbocycles. The minimum absolute atomic E-state index is 0. The fraction of sp³-hybridized carbons (Fsp3) is 0.417. The first kappa shape index (κ1) is 13.6. The third-order valence-electron chi connectivity index (χ3n) is 2.80. The Morgan fingerprint density at radius 2 is 2.00 bits per heavy atom. The molecule has 5 heteroatoms. The zero-order chi connectivity index (χ0) is 11.5. The van der Waals surface area contributed by atoms with E-state index < -0.39 is 0 Å². The molecule has 0 atom stereocenters. The van der Waals surface area contributed by atoms with Crippen LogP contribution in [-0.2, 0) is 0 Å². The lowest BCUT2D eigenvalue weighted by molar-refractivity contribution is 0.395. The van der Waals surface area contributed by atoms with E-state index >= 15 is 0 Å². The van der Waals surface area contributed by atoms with Crippen molar-refractivity contribution in [2.45, 2.75) is 12.8 Å². The molecule has 0 bridgehead atoms. The lowest BCUT2D eigenvalue weighted by atomic mass is 10.2. The molecule has 17 heavy (non-hydrogen) atoms. The fourth-order valence-corrected chi connectivity index (χ4v) is 1.95. The molecule has 4 nitrogen and oxygen atoms in total. The summed E-state index contributed by atoms with van der Waals surface area (Å²) in [5.41, 5.74) is 0.950. The molecule has 2 rings (SSSR count). The van der Waals surface area contributed by atoms with Gasteiger partial charge < -0.3 is 14.4 Å². The summed E-state index contributed by atoms with van der Waals surface area (Å²) in [6, 6.07) is 5.68. The van der Waals surface area contributed by atoms with Crippen LogP contribution in [0.2, 0.25) is 0 Å². The van der Waals surface area contributed by atoms with Crippen LogP contribution >= 0.6 is 12.4 Å². The van der Waals surface area contributed by atoms with Crippen LogP contribution in [0, 0.1) is 5.41 Å². The van der Waals surface area contributed by atoms with E-state index in [4.69, 9.17) is 14.9 Å². The Bertz CT molecular complexity index is 409. The molecular formula is C12H17ClN2O2. The largest absolute Gasteiger partial charge is 0.497 e. The molecule has 0 saturated carbocycles. The van der Waals surface area contributed by atoms with Crippen molar-refractivity contribution in [1.82, 2.24) is 0 Å². The summed E-state index contributed by atoms with van der Waals surface area (Å²) in [4.78, 5) is 1.98. The summed E-state index contributed by atoms with van der Waals surface area (Å²) in [6.07, 6.45) is 1.88. The maximum absolute atomic E-state index is 7.85. The number of amidine groups is 1. The molecule has 1 aromatic rings. The van der Waals surface area contributed by atoms with Gasteiger partial charge in [0.15, 0.2) is 0 Å². The predicted octanol–water partition coefficient (Wildman–Crippen LogP) is 2.70. The number of hydrogen-bond donors (Lipinski definition) is 1. The molecular weight excluding hydrogens is 240 g/mol. The van der Waals surface area contributed by atoms with Crippen molar-refractivity contribution in [2.24, 2.45) is 0 Å². The third-order valence-corrected chi connectivity index (χ3v) is 2.80. The standard InChI is InChI=1S/C12H16N2O2.ClH/c1-15-9-5-6-10(11(8-9)16-2)14-7-3-4-12(14)13;/h5-6,8,13H,3-4,7H2,1-2H3;1H. The van der Waals surface area contributed by atoms with Gasteiger partial charge in [0, 0.05) is 19.0 Å². The first-order valence-corrected chi connectivity index (χ1v) is 5.33. The highest BCUT2D eigenvalue weighted by Gasteiger charge is 2.21. The Morgan fingerprint density at radius 1 is 1.24 bits per heavy atom. The second kappa shape index (κ2) is 5.77. The van der Waals surface area contributed by atoms with Gasteiger partial charge in [-0.15, -0.1) is 12.4 Å². The second-order valence-corrected chi connectivity index (χ2v) is 3.74. The van der Waals surface area contributed by atoms with Crippen LogP contribution in [0.5, 0.6) is 11.5 Å². The number of nitrogens with zero attached hydrogens (tertiary/aromatic N) is 1. The Balaban J connectivity index is 0.00000144. The Labute approximate surface area is 107 Å². The van der Waals surface area contributed by atoms with Crippen molar-refractivity contribution in [3.05, 3.63) is 18.2 Å². The van der Waals surface area contributed by atoms with Crippen molar-refractivity contribution in [2.75, 3.05) is 25.7 Å². The molecule has 0 radical (unpaired) electrons. The van der Waals surface area contributed by atoms with Crippen molar-refractivity contribution in [3.63, 3.8) is 0 Å². The van der Waals surface area contributed by atoms with E-state index in [2.05, 4.69) is 0 Å². The van der Waals surface area contributed by atoms with Gasteiger partial charge in [-0.1, -0.05) is 0 Å². The first-order chi connectivity index (χ1) is 7.76. The molecule has 1 aliphatic heterocycles. The Kier molecular flexibility index (Phi) is 4.63. The molecule has 1 heterocycles. The van der Waals surface area contributed by atoms with E-state index in [0.29, 0.717) is 5.84 Å². The number of rotatable bonds is 3. The number of ether oxygens (including phenoxy) is 2. The number of halogens is 1. The molecule has 0 spiro atoms. The number of benzene rings is 1.